The number of aryl methyl sites for hydroxylation is 1. The Labute approximate surface area is 174 Å². The number of ether oxygens (including phenoxy) is 2. The lowest BCUT2D eigenvalue weighted by molar-refractivity contribution is -0.123. The number of amides is 1. The Morgan fingerprint density at radius 3 is 2.48 bits per heavy atom. The summed E-state index contributed by atoms with van der Waals surface area (Å²) in [7, 11) is 0. The zero-order valence-corrected chi connectivity index (χ0v) is 16.7. The highest BCUT2D eigenvalue weighted by atomic mass is 35.5. The van der Waals surface area contributed by atoms with Crippen molar-refractivity contribution in [3.63, 3.8) is 0 Å². The quantitative estimate of drug-likeness (QED) is 0.432. The largest absolute Gasteiger partial charge is 0.489 e. The van der Waals surface area contributed by atoms with Gasteiger partial charge in [0.1, 0.15) is 18.1 Å². The summed E-state index contributed by atoms with van der Waals surface area (Å²) < 4.78 is 11.2. The van der Waals surface area contributed by atoms with Crippen LogP contribution in [0.2, 0.25) is 5.02 Å². The number of rotatable bonds is 8. The molecule has 0 atom stereocenters. The Kier molecular flexibility index (Phi) is 7.25. The Hall–Kier alpha value is -3.31. The fourth-order valence-electron chi connectivity index (χ4n) is 2.50. The lowest BCUT2D eigenvalue weighted by atomic mass is 10.2. The third-order valence-electron chi connectivity index (χ3n) is 3.94. The van der Waals surface area contributed by atoms with Crippen LogP contribution in [-0.4, -0.2) is 18.7 Å². The minimum absolute atomic E-state index is 0.106. The molecule has 0 unspecified atom stereocenters. The molecule has 0 heterocycles. The fraction of sp³-hybridized carbons (Fsp3) is 0.130. The van der Waals surface area contributed by atoms with Crippen LogP contribution in [0.3, 0.4) is 0 Å². The average molecular weight is 409 g/mol. The molecule has 0 fully saturated rings. The van der Waals surface area contributed by atoms with Crippen molar-refractivity contribution >= 4 is 23.7 Å². The summed E-state index contributed by atoms with van der Waals surface area (Å²) in [5, 5.41) is 4.66. The van der Waals surface area contributed by atoms with Gasteiger partial charge in [0.2, 0.25) is 0 Å². The van der Waals surface area contributed by atoms with Crippen molar-refractivity contribution in [1.29, 1.82) is 0 Å². The lowest BCUT2D eigenvalue weighted by Crippen LogP contribution is -2.24. The Balaban J connectivity index is 1.46. The number of hydrogen-bond donors (Lipinski definition) is 1. The topological polar surface area (TPSA) is 59.9 Å². The Morgan fingerprint density at radius 1 is 1.00 bits per heavy atom. The first-order valence-electron chi connectivity index (χ1n) is 9.07. The van der Waals surface area contributed by atoms with Gasteiger partial charge in [0.25, 0.3) is 5.91 Å². The molecule has 148 valence electrons. The molecule has 0 saturated heterocycles. The molecule has 3 rings (SSSR count). The highest BCUT2D eigenvalue weighted by Crippen LogP contribution is 2.16. The SMILES string of the molecule is Cc1cccc(OCC(=O)N/N=C\c2cccc(OCc3ccc(Cl)cc3)c2)c1. The van der Waals surface area contributed by atoms with E-state index >= 15 is 0 Å². The summed E-state index contributed by atoms with van der Waals surface area (Å²) in [6.07, 6.45) is 1.56. The van der Waals surface area contributed by atoms with Crippen molar-refractivity contribution in [2.75, 3.05) is 6.61 Å². The second kappa shape index (κ2) is 10.3. The van der Waals surface area contributed by atoms with Gasteiger partial charge in [-0.05, 0) is 60.0 Å². The molecule has 0 aliphatic heterocycles. The molecule has 3 aromatic carbocycles. The molecule has 0 aliphatic rings. The monoisotopic (exact) mass is 408 g/mol. The summed E-state index contributed by atoms with van der Waals surface area (Å²) >= 11 is 5.88. The number of carbonyl (C=O) groups excluding carboxylic acids is 1. The van der Waals surface area contributed by atoms with E-state index in [9.17, 15) is 4.79 Å². The summed E-state index contributed by atoms with van der Waals surface area (Å²) in [5.41, 5.74) is 5.35. The average Bonchev–Trinajstić information content (AvgIpc) is 2.72. The van der Waals surface area contributed by atoms with Gasteiger partial charge in [-0.15, -0.1) is 0 Å². The van der Waals surface area contributed by atoms with Crippen LogP contribution in [0.15, 0.2) is 77.9 Å². The van der Waals surface area contributed by atoms with Gasteiger partial charge in [0, 0.05) is 5.02 Å². The van der Waals surface area contributed by atoms with Gasteiger partial charge in [-0.25, -0.2) is 5.43 Å². The number of halogens is 1. The van der Waals surface area contributed by atoms with Crippen molar-refractivity contribution in [3.8, 4) is 11.5 Å². The van der Waals surface area contributed by atoms with E-state index in [0.717, 1.165) is 16.7 Å². The first-order valence-corrected chi connectivity index (χ1v) is 9.45. The number of carbonyl (C=O) groups is 1. The molecule has 0 saturated carbocycles. The standard InChI is InChI=1S/C23H21ClN2O3/c1-17-4-2-6-21(12-17)29-16-23(27)26-25-14-19-5-3-7-22(13-19)28-15-18-8-10-20(24)11-9-18/h2-14H,15-16H2,1H3,(H,26,27)/b25-14-. The molecule has 29 heavy (non-hydrogen) atoms. The van der Waals surface area contributed by atoms with Crippen LogP contribution < -0.4 is 14.9 Å². The Morgan fingerprint density at radius 2 is 1.72 bits per heavy atom. The van der Waals surface area contributed by atoms with Gasteiger partial charge in [-0.1, -0.05) is 48.0 Å². The Bertz CT molecular complexity index is 987. The molecule has 1 N–H and O–H groups in total. The van der Waals surface area contributed by atoms with E-state index in [1.54, 1.807) is 12.3 Å². The van der Waals surface area contributed by atoms with Crippen molar-refractivity contribution < 1.29 is 14.3 Å². The number of benzene rings is 3. The van der Waals surface area contributed by atoms with Gasteiger partial charge in [-0.3, -0.25) is 4.79 Å². The molecule has 0 radical (unpaired) electrons. The van der Waals surface area contributed by atoms with Crippen molar-refractivity contribution in [1.82, 2.24) is 5.43 Å². The van der Waals surface area contributed by atoms with Gasteiger partial charge < -0.3 is 9.47 Å². The summed E-state index contributed by atoms with van der Waals surface area (Å²) in [6, 6.07) is 22.4. The maximum atomic E-state index is 11.9. The molecule has 0 bridgehead atoms. The first kappa shape index (κ1) is 20.4. The normalized spacial score (nSPS) is 10.7. The van der Waals surface area contributed by atoms with Crippen LogP contribution in [0.1, 0.15) is 16.7 Å². The van der Waals surface area contributed by atoms with Crippen LogP contribution in [0.5, 0.6) is 11.5 Å². The van der Waals surface area contributed by atoms with Gasteiger partial charge in [-0.2, -0.15) is 5.10 Å². The van der Waals surface area contributed by atoms with E-state index in [4.69, 9.17) is 21.1 Å². The van der Waals surface area contributed by atoms with Crippen LogP contribution in [0.25, 0.3) is 0 Å². The minimum Gasteiger partial charge on any atom is -0.489 e. The molecule has 6 heteroatoms. The maximum absolute atomic E-state index is 11.9. The molecule has 0 aromatic heterocycles. The zero-order valence-electron chi connectivity index (χ0n) is 16.0. The summed E-state index contributed by atoms with van der Waals surface area (Å²) in [4.78, 5) is 11.9. The van der Waals surface area contributed by atoms with Crippen LogP contribution >= 0.6 is 11.6 Å². The third kappa shape index (κ3) is 6.97. The predicted molar refractivity (Wildman–Crippen MR) is 115 cm³/mol. The van der Waals surface area contributed by atoms with E-state index < -0.39 is 0 Å². The highest BCUT2D eigenvalue weighted by molar-refractivity contribution is 6.30. The van der Waals surface area contributed by atoms with E-state index in [0.29, 0.717) is 23.1 Å². The van der Waals surface area contributed by atoms with Gasteiger partial charge >= 0.3 is 0 Å². The fourth-order valence-corrected chi connectivity index (χ4v) is 2.62. The van der Waals surface area contributed by atoms with Crippen molar-refractivity contribution in [3.05, 3.63) is 94.5 Å². The number of nitrogens with one attached hydrogen (secondary N) is 1. The summed E-state index contributed by atoms with van der Waals surface area (Å²) in [6.45, 7) is 2.29. The third-order valence-corrected chi connectivity index (χ3v) is 4.19. The maximum Gasteiger partial charge on any atom is 0.277 e. The highest BCUT2D eigenvalue weighted by Gasteiger charge is 2.02. The minimum atomic E-state index is -0.335. The first-order chi connectivity index (χ1) is 14.1. The van der Waals surface area contributed by atoms with E-state index in [2.05, 4.69) is 10.5 Å². The number of nitrogens with zero attached hydrogens (tertiary/aromatic N) is 1. The summed E-state index contributed by atoms with van der Waals surface area (Å²) in [5.74, 6) is 1.02. The number of hydrazone groups is 1. The van der Waals surface area contributed by atoms with Crippen molar-refractivity contribution in [2.45, 2.75) is 13.5 Å². The van der Waals surface area contributed by atoms with Crippen LogP contribution in [-0.2, 0) is 11.4 Å². The predicted octanol–water partition coefficient (Wildman–Crippen LogP) is 4.76. The molecule has 0 aliphatic carbocycles. The zero-order chi connectivity index (χ0) is 20.5. The van der Waals surface area contributed by atoms with Crippen molar-refractivity contribution in [2.24, 2.45) is 5.10 Å². The van der Waals surface area contributed by atoms with Crippen LogP contribution in [0, 0.1) is 6.92 Å². The molecular formula is C23H21ClN2O3. The van der Waals surface area contributed by atoms with Crippen LogP contribution in [0.4, 0.5) is 0 Å². The van der Waals surface area contributed by atoms with Gasteiger partial charge in [0.05, 0.1) is 6.21 Å². The number of hydrogen-bond acceptors (Lipinski definition) is 4. The molecular weight excluding hydrogens is 388 g/mol. The molecule has 5 nitrogen and oxygen atoms in total. The molecule has 3 aromatic rings. The van der Waals surface area contributed by atoms with E-state index in [1.807, 2.05) is 73.7 Å². The van der Waals surface area contributed by atoms with E-state index in [1.165, 1.54) is 0 Å². The molecule has 1 amide bonds. The lowest BCUT2D eigenvalue weighted by Gasteiger charge is -2.07. The second-order valence-electron chi connectivity index (χ2n) is 6.39. The molecule has 0 spiro atoms. The smallest absolute Gasteiger partial charge is 0.277 e. The second-order valence-corrected chi connectivity index (χ2v) is 6.82. The van der Waals surface area contributed by atoms with Gasteiger partial charge in [0.15, 0.2) is 6.61 Å². The van der Waals surface area contributed by atoms with E-state index in [-0.39, 0.29) is 12.5 Å².